The molecule has 0 aromatic heterocycles. The molecule has 0 amide bonds. The second-order valence-electron chi connectivity index (χ2n) is 5.55. The first-order chi connectivity index (χ1) is 8.17. The molecule has 1 atom stereocenters. The van der Waals surface area contributed by atoms with E-state index in [1.54, 1.807) is 0 Å². The Morgan fingerprint density at radius 3 is 2.24 bits per heavy atom. The van der Waals surface area contributed by atoms with Gasteiger partial charge in [0.15, 0.2) is 0 Å². The molecule has 2 heteroatoms. The molecule has 0 spiro atoms. The summed E-state index contributed by atoms with van der Waals surface area (Å²) in [6.07, 6.45) is 11.4. The van der Waals surface area contributed by atoms with Crippen LogP contribution in [-0.4, -0.2) is 37.1 Å². The van der Waals surface area contributed by atoms with E-state index in [2.05, 4.69) is 43.9 Å². The van der Waals surface area contributed by atoms with Crippen LogP contribution < -0.4 is 5.32 Å². The lowest BCUT2D eigenvalue weighted by Gasteiger charge is -2.46. The molecule has 0 aromatic carbocycles. The van der Waals surface area contributed by atoms with Crippen molar-refractivity contribution >= 4 is 0 Å². The number of nitrogens with zero attached hydrogens (tertiary/aromatic N) is 1. The van der Waals surface area contributed by atoms with E-state index in [4.69, 9.17) is 0 Å². The summed E-state index contributed by atoms with van der Waals surface area (Å²) < 4.78 is 0. The second kappa shape index (κ2) is 7.17. The molecule has 1 unspecified atom stereocenters. The largest absolute Gasteiger partial charge is 0.312 e. The van der Waals surface area contributed by atoms with Crippen LogP contribution in [0.2, 0.25) is 0 Å². The van der Waals surface area contributed by atoms with Gasteiger partial charge in [-0.15, -0.1) is 6.58 Å². The quantitative estimate of drug-likeness (QED) is 0.565. The number of rotatable bonds is 6. The summed E-state index contributed by atoms with van der Waals surface area (Å²) in [5.74, 6) is 0. The first-order valence-electron chi connectivity index (χ1n) is 7.19. The Labute approximate surface area is 107 Å². The van der Waals surface area contributed by atoms with Crippen LogP contribution in [-0.2, 0) is 0 Å². The first kappa shape index (κ1) is 14.7. The standard InChI is InChI=1S/C15H30N2/c1-5-11-14(16-6-2)15(17(3)4)12-9-7-8-10-13-15/h5,14,16H,1,6-13H2,2-4H3. The maximum atomic E-state index is 3.93. The van der Waals surface area contributed by atoms with Gasteiger partial charge in [0, 0.05) is 11.6 Å². The van der Waals surface area contributed by atoms with E-state index in [-0.39, 0.29) is 0 Å². The predicted octanol–water partition coefficient (Wildman–Crippen LogP) is 3.20. The molecule has 0 heterocycles. The highest BCUT2D eigenvalue weighted by atomic mass is 15.2. The topological polar surface area (TPSA) is 15.3 Å². The summed E-state index contributed by atoms with van der Waals surface area (Å²) in [6.45, 7) is 7.19. The molecule has 1 aliphatic rings. The predicted molar refractivity (Wildman–Crippen MR) is 76.4 cm³/mol. The van der Waals surface area contributed by atoms with Gasteiger partial charge in [0.25, 0.3) is 0 Å². The Morgan fingerprint density at radius 2 is 1.82 bits per heavy atom. The van der Waals surface area contributed by atoms with Crippen LogP contribution in [0.4, 0.5) is 0 Å². The SMILES string of the molecule is C=CCC(NCC)C1(N(C)C)CCCCCC1. The van der Waals surface area contributed by atoms with Crippen molar-refractivity contribution in [3.8, 4) is 0 Å². The second-order valence-corrected chi connectivity index (χ2v) is 5.55. The molecule has 1 N–H and O–H groups in total. The molecular formula is C15H30N2. The van der Waals surface area contributed by atoms with E-state index < -0.39 is 0 Å². The molecule has 100 valence electrons. The van der Waals surface area contributed by atoms with Crippen molar-refractivity contribution < 1.29 is 0 Å². The fourth-order valence-electron chi connectivity index (χ4n) is 3.35. The molecule has 0 aliphatic heterocycles. The molecule has 2 nitrogen and oxygen atoms in total. The van der Waals surface area contributed by atoms with Crippen molar-refractivity contribution in [2.24, 2.45) is 0 Å². The highest BCUT2D eigenvalue weighted by Crippen LogP contribution is 2.35. The highest BCUT2D eigenvalue weighted by Gasteiger charge is 2.39. The van der Waals surface area contributed by atoms with Gasteiger partial charge in [-0.05, 0) is 39.9 Å². The third-order valence-electron chi connectivity index (χ3n) is 4.36. The molecule has 0 saturated heterocycles. The van der Waals surface area contributed by atoms with Gasteiger partial charge in [-0.25, -0.2) is 0 Å². The monoisotopic (exact) mass is 238 g/mol. The third kappa shape index (κ3) is 3.56. The fraction of sp³-hybridized carbons (Fsp3) is 0.867. The average molecular weight is 238 g/mol. The van der Waals surface area contributed by atoms with Gasteiger partial charge >= 0.3 is 0 Å². The summed E-state index contributed by atoms with van der Waals surface area (Å²) in [5, 5.41) is 3.69. The van der Waals surface area contributed by atoms with E-state index in [0.29, 0.717) is 11.6 Å². The van der Waals surface area contributed by atoms with E-state index in [1.807, 2.05) is 0 Å². The van der Waals surface area contributed by atoms with E-state index >= 15 is 0 Å². The number of likely N-dealkylation sites (N-methyl/N-ethyl adjacent to an activating group) is 2. The fourth-order valence-corrected chi connectivity index (χ4v) is 3.35. The van der Waals surface area contributed by atoms with Gasteiger partial charge in [-0.1, -0.05) is 38.7 Å². The summed E-state index contributed by atoms with van der Waals surface area (Å²) in [5.41, 5.74) is 0.334. The van der Waals surface area contributed by atoms with Crippen LogP contribution in [0.25, 0.3) is 0 Å². The van der Waals surface area contributed by atoms with Crippen molar-refractivity contribution in [1.29, 1.82) is 0 Å². The lowest BCUT2D eigenvalue weighted by Crippen LogP contribution is -2.58. The molecule has 1 rings (SSSR count). The number of hydrogen-bond acceptors (Lipinski definition) is 2. The molecule has 1 aliphatic carbocycles. The summed E-state index contributed by atoms with van der Waals surface area (Å²) >= 11 is 0. The lowest BCUT2D eigenvalue weighted by molar-refractivity contribution is 0.0820. The number of nitrogens with one attached hydrogen (secondary N) is 1. The lowest BCUT2D eigenvalue weighted by atomic mass is 9.79. The third-order valence-corrected chi connectivity index (χ3v) is 4.36. The molecule has 17 heavy (non-hydrogen) atoms. The maximum Gasteiger partial charge on any atom is 0.0359 e. The van der Waals surface area contributed by atoms with Crippen LogP contribution in [0.15, 0.2) is 12.7 Å². The van der Waals surface area contributed by atoms with Crippen molar-refractivity contribution in [3.05, 3.63) is 12.7 Å². The normalized spacial score (nSPS) is 22.1. The van der Waals surface area contributed by atoms with Crippen molar-refractivity contribution in [3.63, 3.8) is 0 Å². The Bertz CT molecular complexity index is 215. The van der Waals surface area contributed by atoms with Gasteiger partial charge < -0.3 is 10.2 Å². The van der Waals surface area contributed by atoms with Crippen LogP contribution in [0.5, 0.6) is 0 Å². The van der Waals surface area contributed by atoms with Gasteiger partial charge in [0.05, 0.1) is 0 Å². The van der Waals surface area contributed by atoms with Gasteiger partial charge in [0.2, 0.25) is 0 Å². The maximum absolute atomic E-state index is 3.93. The van der Waals surface area contributed by atoms with Crippen molar-refractivity contribution in [1.82, 2.24) is 10.2 Å². The van der Waals surface area contributed by atoms with Gasteiger partial charge in [0.1, 0.15) is 0 Å². The minimum atomic E-state index is 0.334. The smallest absolute Gasteiger partial charge is 0.0359 e. The van der Waals surface area contributed by atoms with Crippen LogP contribution >= 0.6 is 0 Å². The molecule has 0 bridgehead atoms. The summed E-state index contributed by atoms with van der Waals surface area (Å²) in [7, 11) is 4.50. The summed E-state index contributed by atoms with van der Waals surface area (Å²) in [6, 6.07) is 0.554. The molecule has 1 saturated carbocycles. The minimum Gasteiger partial charge on any atom is -0.312 e. The molecule has 1 fully saturated rings. The Kier molecular flexibility index (Phi) is 6.21. The summed E-state index contributed by atoms with van der Waals surface area (Å²) in [4.78, 5) is 2.47. The zero-order valence-corrected chi connectivity index (χ0v) is 12.0. The minimum absolute atomic E-state index is 0.334. The Hall–Kier alpha value is -0.340. The van der Waals surface area contributed by atoms with Crippen LogP contribution in [0.3, 0.4) is 0 Å². The van der Waals surface area contributed by atoms with Crippen molar-refractivity contribution in [2.45, 2.75) is 63.5 Å². The first-order valence-corrected chi connectivity index (χ1v) is 7.19. The van der Waals surface area contributed by atoms with Crippen molar-refractivity contribution in [2.75, 3.05) is 20.6 Å². The van der Waals surface area contributed by atoms with Gasteiger partial charge in [-0.2, -0.15) is 0 Å². The molecular weight excluding hydrogens is 208 g/mol. The Morgan fingerprint density at radius 1 is 1.24 bits per heavy atom. The van der Waals surface area contributed by atoms with E-state index in [0.717, 1.165) is 13.0 Å². The van der Waals surface area contributed by atoms with Gasteiger partial charge in [-0.3, -0.25) is 0 Å². The average Bonchev–Trinajstić information content (AvgIpc) is 2.55. The van der Waals surface area contributed by atoms with E-state index in [1.165, 1.54) is 38.5 Å². The highest BCUT2D eigenvalue weighted by molar-refractivity contribution is 5.01. The van der Waals surface area contributed by atoms with Crippen LogP contribution in [0, 0.1) is 0 Å². The zero-order valence-electron chi connectivity index (χ0n) is 12.0. The van der Waals surface area contributed by atoms with E-state index in [9.17, 15) is 0 Å². The molecule has 0 aromatic rings. The number of hydrogen-bond donors (Lipinski definition) is 1. The zero-order chi connectivity index (χ0) is 12.7. The van der Waals surface area contributed by atoms with Crippen LogP contribution in [0.1, 0.15) is 51.9 Å². The Balaban J connectivity index is 2.88. The molecule has 0 radical (unpaired) electrons.